The van der Waals surface area contributed by atoms with Gasteiger partial charge in [0.1, 0.15) is 0 Å². The predicted octanol–water partition coefficient (Wildman–Crippen LogP) is 2.87. The Morgan fingerprint density at radius 1 is 0.947 bits per heavy atom. The van der Waals surface area contributed by atoms with Gasteiger partial charge in [-0.05, 0) is 56.8 Å². The van der Waals surface area contributed by atoms with E-state index in [-0.39, 0.29) is 11.8 Å². The van der Waals surface area contributed by atoms with Gasteiger partial charge in [-0.2, -0.15) is 0 Å². The van der Waals surface area contributed by atoms with E-state index in [9.17, 15) is 4.79 Å². The summed E-state index contributed by atoms with van der Waals surface area (Å²) in [7, 11) is 0. The number of rotatable bonds is 5. The van der Waals surface area contributed by atoms with Crippen LogP contribution in [0.3, 0.4) is 0 Å². The van der Waals surface area contributed by atoms with E-state index in [0.29, 0.717) is 12.5 Å². The lowest BCUT2D eigenvalue weighted by Gasteiger charge is -2.28. The van der Waals surface area contributed by atoms with Crippen molar-refractivity contribution in [2.75, 3.05) is 13.2 Å². The average molecular weight is 267 g/mol. The van der Waals surface area contributed by atoms with Crippen LogP contribution in [0.4, 0.5) is 0 Å². The van der Waals surface area contributed by atoms with Crippen molar-refractivity contribution >= 4 is 5.91 Å². The summed E-state index contributed by atoms with van der Waals surface area (Å²) in [5, 5.41) is 12.1. The zero-order valence-corrected chi connectivity index (χ0v) is 12.1. The highest BCUT2D eigenvalue weighted by atomic mass is 16.3. The van der Waals surface area contributed by atoms with Crippen LogP contribution in [0.1, 0.15) is 64.2 Å². The molecule has 3 nitrogen and oxygen atoms in total. The van der Waals surface area contributed by atoms with Crippen molar-refractivity contribution < 1.29 is 9.90 Å². The van der Waals surface area contributed by atoms with Crippen molar-refractivity contribution in [1.82, 2.24) is 5.32 Å². The Morgan fingerprint density at radius 2 is 1.63 bits per heavy atom. The summed E-state index contributed by atoms with van der Waals surface area (Å²) >= 11 is 0. The number of carbonyl (C=O) groups excluding carboxylic acids is 1. The lowest BCUT2D eigenvalue weighted by Crippen LogP contribution is -2.36. The fraction of sp³-hybridized carbons (Fsp3) is 0.938. The summed E-state index contributed by atoms with van der Waals surface area (Å²) in [4.78, 5) is 12.1. The molecule has 3 heteroatoms. The number of nitrogens with one attached hydrogen (secondary N) is 1. The maximum absolute atomic E-state index is 12.1. The summed E-state index contributed by atoms with van der Waals surface area (Å²) in [5.41, 5.74) is 0. The van der Waals surface area contributed by atoms with Gasteiger partial charge in [-0.15, -0.1) is 0 Å². The Bertz CT molecular complexity index is 266. The van der Waals surface area contributed by atoms with Crippen LogP contribution in [-0.4, -0.2) is 24.2 Å². The molecular formula is C16H29NO2. The number of hydrogen-bond acceptors (Lipinski definition) is 2. The zero-order chi connectivity index (χ0) is 13.5. The fourth-order valence-corrected chi connectivity index (χ4v) is 3.68. The van der Waals surface area contributed by atoms with Gasteiger partial charge in [0.25, 0.3) is 0 Å². The van der Waals surface area contributed by atoms with E-state index in [1.54, 1.807) is 0 Å². The third kappa shape index (κ3) is 4.79. The largest absolute Gasteiger partial charge is 0.396 e. The van der Waals surface area contributed by atoms with Crippen LogP contribution in [0.15, 0.2) is 0 Å². The number of amides is 1. The summed E-state index contributed by atoms with van der Waals surface area (Å²) in [6.45, 7) is 1.19. The van der Waals surface area contributed by atoms with Crippen molar-refractivity contribution in [1.29, 1.82) is 0 Å². The van der Waals surface area contributed by atoms with E-state index in [1.165, 1.54) is 32.1 Å². The van der Waals surface area contributed by atoms with E-state index < -0.39 is 0 Å². The first-order valence-corrected chi connectivity index (χ1v) is 8.18. The molecule has 0 bridgehead atoms. The van der Waals surface area contributed by atoms with Crippen LogP contribution in [-0.2, 0) is 4.79 Å². The Hall–Kier alpha value is -0.570. The Morgan fingerprint density at radius 3 is 2.26 bits per heavy atom. The smallest absolute Gasteiger partial charge is 0.223 e. The van der Waals surface area contributed by atoms with E-state index in [2.05, 4.69) is 5.32 Å². The molecule has 2 aliphatic carbocycles. The Labute approximate surface area is 117 Å². The highest BCUT2D eigenvalue weighted by molar-refractivity contribution is 5.78. The van der Waals surface area contributed by atoms with Crippen LogP contribution >= 0.6 is 0 Å². The molecule has 0 unspecified atom stereocenters. The zero-order valence-electron chi connectivity index (χ0n) is 12.1. The van der Waals surface area contributed by atoms with Gasteiger partial charge in [0.15, 0.2) is 0 Å². The third-order valence-electron chi connectivity index (χ3n) is 5.04. The van der Waals surface area contributed by atoms with Gasteiger partial charge in [0, 0.05) is 19.1 Å². The summed E-state index contributed by atoms with van der Waals surface area (Å²) < 4.78 is 0. The van der Waals surface area contributed by atoms with Crippen molar-refractivity contribution in [3.63, 3.8) is 0 Å². The number of aliphatic hydroxyl groups is 1. The van der Waals surface area contributed by atoms with E-state index in [0.717, 1.165) is 44.6 Å². The third-order valence-corrected chi connectivity index (χ3v) is 5.04. The second-order valence-corrected chi connectivity index (χ2v) is 6.48. The molecule has 0 radical (unpaired) electrons. The highest BCUT2D eigenvalue weighted by Crippen LogP contribution is 2.31. The van der Waals surface area contributed by atoms with Crippen LogP contribution in [0.25, 0.3) is 0 Å². The molecule has 2 N–H and O–H groups in total. The Balaban J connectivity index is 1.63. The molecule has 2 saturated carbocycles. The second-order valence-electron chi connectivity index (χ2n) is 6.48. The van der Waals surface area contributed by atoms with Crippen molar-refractivity contribution in [3.05, 3.63) is 0 Å². The molecule has 0 aromatic heterocycles. The number of carbonyl (C=O) groups is 1. The van der Waals surface area contributed by atoms with Crippen molar-refractivity contribution in [2.45, 2.75) is 64.2 Å². The topological polar surface area (TPSA) is 49.3 Å². The minimum Gasteiger partial charge on any atom is -0.396 e. The standard InChI is InChI=1S/C16H29NO2/c18-11-10-13-6-8-15(9-7-13)16(19)17-12-14-4-2-1-3-5-14/h13-15,18H,1-12H2,(H,17,19). The van der Waals surface area contributed by atoms with Gasteiger partial charge in [0.2, 0.25) is 5.91 Å². The SMILES string of the molecule is O=C(NCC1CCCCC1)C1CCC(CCO)CC1. The first-order chi connectivity index (χ1) is 9.29. The van der Waals surface area contributed by atoms with Gasteiger partial charge in [0.05, 0.1) is 0 Å². The van der Waals surface area contributed by atoms with Crippen molar-refractivity contribution in [3.8, 4) is 0 Å². The van der Waals surface area contributed by atoms with Crippen LogP contribution in [0.5, 0.6) is 0 Å². The number of aliphatic hydroxyl groups excluding tert-OH is 1. The van der Waals surface area contributed by atoms with Gasteiger partial charge in [-0.25, -0.2) is 0 Å². The first-order valence-electron chi connectivity index (χ1n) is 8.18. The average Bonchev–Trinajstić information content (AvgIpc) is 2.47. The lowest BCUT2D eigenvalue weighted by molar-refractivity contribution is -0.126. The van der Waals surface area contributed by atoms with E-state index >= 15 is 0 Å². The Kier molecular flexibility index (Phi) is 6.15. The molecule has 0 aromatic rings. The van der Waals surface area contributed by atoms with Crippen LogP contribution in [0.2, 0.25) is 0 Å². The summed E-state index contributed by atoms with van der Waals surface area (Å²) in [6, 6.07) is 0. The lowest BCUT2D eigenvalue weighted by atomic mass is 9.80. The second kappa shape index (κ2) is 7.88. The minimum atomic E-state index is 0.235. The highest BCUT2D eigenvalue weighted by Gasteiger charge is 2.26. The predicted molar refractivity (Wildman–Crippen MR) is 76.7 cm³/mol. The summed E-state index contributed by atoms with van der Waals surface area (Å²) in [5.74, 6) is 1.89. The molecule has 0 heterocycles. The summed E-state index contributed by atoms with van der Waals surface area (Å²) in [6.07, 6.45) is 11.8. The monoisotopic (exact) mass is 267 g/mol. The molecule has 0 spiro atoms. The van der Waals surface area contributed by atoms with Gasteiger partial charge in [-0.3, -0.25) is 4.79 Å². The fourth-order valence-electron chi connectivity index (χ4n) is 3.68. The quantitative estimate of drug-likeness (QED) is 0.804. The van der Waals surface area contributed by atoms with Crippen LogP contribution < -0.4 is 5.32 Å². The van der Waals surface area contributed by atoms with Gasteiger partial charge in [-0.1, -0.05) is 19.3 Å². The maximum atomic E-state index is 12.1. The first kappa shape index (κ1) is 14.8. The van der Waals surface area contributed by atoms with Crippen molar-refractivity contribution in [2.24, 2.45) is 17.8 Å². The molecule has 1 amide bonds. The molecule has 0 atom stereocenters. The van der Waals surface area contributed by atoms with Crippen LogP contribution in [0, 0.1) is 17.8 Å². The molecule has 0 aliphatic heterocycles. The number of hydrogen-bond donors (Lipinski definition) is 2. The minimum absolute atomic E-state index is 0.235. The molecule has 110 valence electrons. The molecule has 19 heavy (non-hydrogen) atoms. The van der Waals surface area contributed by atoms with E-state index in [1.807, 2.05) is 0 Å². The van der Waals surface area contributed by atoms with Gasteiger partial charge < -0.3 is 10.4 Å². The normalized spacial score (nSPS) is 29.1. The molecular weight excluding hydrogens is 238 g/mol. The molecule has 2 rings (SSSR count). The molecule has 0 saturated heterocycles. The van der Waals surface area contributed by atoms with E-state index in [4.69, 9.17) is 5.11 Å². The maximum Gasteiger partial charge on any atom is 0.223 e. The molecule has 0 aromatic carbocycles. The van der Waals surface area contributed by atoms with Gasteiger partial charge >= 0.3 is 0 Å². The molecule has 2 aliphatic rings. The molecule has 2 fully saturated rings.